The molecule has 0 saturated carbocycles. The molecule has 2 aromatic rings. The van der Waals surface area contributed by atoms with E-state index in [-0.39, 0.29) is 12.3 Å². The molecule has 0 saturated heterocycles. The molecule has 0 aliphatic carbocycles. The van der Waals surface area contributed by atoms with E-state index in [1.807, 2.05) is 30.3 Å². The van der Waals surface area contributed by atoms with E-state index in [0.717, 1.165) is 5.56 Å². The number of aromatic nitrogens is 1. The van der Waals surface area contributed by atoms with Crippen molar-refractivity contribution in [3.8, 4) is 0 Å². The molecule has 7 nitrogen and oxygen atoms in total. The number of ether oxygens (including phenoxy) is 1. The maximum atomic E-state index is 12.8. The first-order valence-electron chi connectivity index (χ1n) is 8.54. The van der Waals surface area contributed by atoms with Gasteiger partial charge in [0.15, 0.2) is 0 Å². The van der Waals surface area contributed by atoms with Gasteiger partial charge >= 0.3 is 12.1 Å². The van der Waals surface area contributed by atoms with E-state index in [9.17, 15) is 19.5 Å². The number of anilines is 1. The fourth-order valence-corrected chi connectivity index (χ4v) is 2.80. The topological polar surface area (TPSA) is 97.6 Å². The number of aliphatic carboxylic acids is 1. The van der Waals surface area contributed by atoms with E-state index in [1.54, 1.807) is 33.8 Å². The Kier molecular flexibility index (Phi) is 6.05. The summed E-state index contributed by atoms with van der Waals surface area (Å²) in [7, 11) is 0. The molecule has 1 heterocycles. The van der Waals surface area contributed by atoms with Gasteiger partial charge in [-0.1, -0.05) is 51.1 Å². The number of carbonyl (C=O) groups is 2. The van der Waals surface area contributed by atoms with Gasteiger partial charge in [0.05, 0.1) is 0 Å². The van der Waals surface area contributed by atoms with Gasteiger partial charge in [0.1, 0.15) is 18.3 Å². The first kappa shape index (κ1) is 20.2. The summed E-state index contributed by atoms with van der Waals surface area (Å²) < 4.78 is 6.31. The molecule has 1 atom stereocenters. The minimum Gasteiger partial charge on any atom is -0.480 e. The predicted octanol–water partition coefficient (Wildman–Crippen LogP) is 3.58. The Morgan fingerprint density at radius 1 is 1.15 bits per heavy atom. The van der Waals surface area contributed by atoms with Crippen LogP contribution in [0.4, 0.5) is 10.5 Å². The number of carbonyl (C=O) groups excluding carboxylic acids is 1. The SMILES string of the molecule is Cc1ccc(NC(=O)OCc2ccccc2)c(=O)n1C(C(=O)O)C(C)(C)C. The van der Waals surface area contributed by atoms with Gasteiger partial charge in [0.2, 0.25) is 0 Å². The van der Waals surface area contributed by atoms with Crippen molar-refractivity contribution in [2.45, 2.75) is 40.3 Å². The monoisotopic (exact) mass is 372 g/mol. The molecular weight excluding hydrogens is 348 g/mol. The lowest BCUT2D eigenvalue weighted by Gasteiger charge is -2.30. The average Bonchev–Trinajstić information content (AvgIpc) is 2.58. The Morgan fingerprint density at radius 2 is 1.78 bits per heavy atom. The van der Waals surface area contributed by atoms with Crippen molar-refractivity contribution >= 4 is 17.7 Å². The summed E-state index contributed by atoms with van der Waals surface area (Å²) in [6.45, 7) is 6.94. The van der Waals surface area contributed by atoms with Crippen molar-refractivity contribution in [2.24, 2.45) is 5.41 Å². The number of amides is 1. The minimum atomic E-state index is -1.11. The van der Waals surface area contributed by atoms with Crippen molar-refractivity contribution in [1.82, 2.24) is 4.57 Å². The van der Waals surface area contributed by atoms with Crippen molar-refractivity contribution in [1.29, 1.82) is 0 Å². The van der Waals surface area contributed by atoms with Gasteiger partial charge in [-0.15, -0.1) is 0 Å². The Morgan fingerprint density at radius 3 is 2.33 bits per heavy atom. The van der Waals surface area contributed by atoms with Crippen LogP contribution in [0, 0.1) is 12.3 Å². The van der Waals surface area contributed by atoms with Gasteiger partial charge in [-0.2, -0.15) is 0 Å². The van der Waals surface area contributed by atoms with E-state index < -0.39 is 29.1 Å². The fraction of sp³-hybridized carbons (Fsp3) is 0.350. The lowest BCUT2D eigenvalue weighted by atomic mass is 9.86. The molecule has 0 fully saturated rings. The summed E-state index contributed by atoms with van der Waals surface area (Å²) in [5.74, 6) is -1.11. The third-order valence-corrected chi connectivity index (χ3v) is 4.08. The van der Waals surface area contributed by atoms with Crippen molar-refractivity contribution < 1.29 is 19.4 Å². The Labute approximate surface area is 157 Å². The van der Waals surface area contributed by atoms with Gasteiger partial charge in [0.25, 0.3) is 5.56 Å². The van der Waals surface area contributed by atoms with Crippen LogP contribution in [-0.4, -0.2) is 21.7 Å². The van der Waals surface area contributed by atoms with Crippen molar-refractivity contribution in [2.75, 3.05) is 5.32 Å². The normalized spacial score (nSPS) is 12.3. The number of benzene rings is 1. The lowest BCUT2D eigenvalue weighted by Crippen LogP contribution is -2.40. The standard InChI is InChI=1S/C20H24N2O5/c1-13-10-11-15(17(23)22(13)16(18(24)25)20(2,3)4)21-19(26)27-12-14-8-6-5-7-9-14/h5-11,16H,12H2,1-4H3,(H,21,26)(H,24,25). The van der Waals surface area contributed by atoms with Crippen LogP contribution in [0.5, 0.6) is 0 Å². The lowest BCUT2D eigenvalue weighted by molar-refractivity contribution is -0.144. The molecule has 2 rings (SSSR count). The number of nitrogens with zero attached hydrogens (tertiary/aromatic N) is 1. The molecule has 0 aliphatic rings. The first-order valence-corrected chi connectivity index (χ1v) is 8.54. The number of carboxylic acid groups (broad SMARTS) is 1. The maximum Gasteiger partial charge on any atom is 0.412 e. The third-order valence-electron chi connectivity index (χ3n) is 4.08. The highest BCUT2D eigenvalue weighted by Gasteiger charge is 2.35. The van der Waals surface area contributed by atoms with Crippen LogP contribution in [0.15, 0.2) is 47.3 Å². The number of rotatable bonds is 5. The highest BCUT2D eigenvalue weighted by Crippen LogP contribution is 2.31. The number of aryl methyl sites for hydroxylation is 1. The summed E-state index contributed by atoms with van der Waals surface area (Å²) in [4.78, 5) is 36.6. The number of nitrogens with one attached hydrogen (secondary N) is 1. The predicted molar refractivity (Wildman–Crippen MR) is 102 cm³/mol. The Hall–Kier alpha value is -3.09. The highest BCUT2D eigenvalue weighted by molar-refractivity contribution is 5.84. The molecule has 0 spiro atoms. The summed E-state index contributed by atoms with van der Waals surface area (Å²) in [5.41, 5.74) is -0.0198. The fourth-order valence-electron chi connectivity index (χ4n) is 2.80. The first-order chi connectivity index (χ1) is 12.6. The van der Waals surface area contributed by atoms with Crippen LogP contribution < -0.4 is 10.9 Å². The molecular formula is C20H24N2O5. The van der Waals surface area contributed by atoms with Gasteiger partial charge in [0, 0.05) is 5.69 Å². The minimum absolute atomic E-state index is 0.0332. The second-order valence-electron chi connectivity index (χ2n) is 7.36. The molecule has 2 N–H and O–H groups in total. The average molecular weight is 372 g/mol. The largest absolute Gasteiger partial charge is 0.480 e. The molecule has 0 aliphatic heterocycles. The molecule has 0 bridgehead atoms. The number of pyridine rings is 1. The number of carboxylic acids is 1. The summed E-state index contributed by atoms with van der Waals surface area (Å²) in [5, 5.41) is 12.0. The third kappa shape index (κ3) is 4.97. The molecule has 1 aromatic carbocycles. The van der Waals surface area contributed by atoms with Crippen LogP contribution in [0.2, 0.25) is 0 Å². The molecule has 144 valence electrons. The summed E-state index contributed by atoms with van der Waals surface area (Å²) >= 11 is 0. The van der Waals surface area contributed by atoms with E-state index in [1.165, 1.54) is 10.6 Å². The smallest absolute Gasteiger partial charge is 0.412 e. The zero-order valence-corrected chi connectivity index (χ0v) is 15.9. The molecule has 0 radical (unpaired) electrons. The van der Waals surface area contributed by atoms with Crippen LogP contribution >= 0.6 is 0 Å². The Balaban J connectivity index is 2.25. The molecule has 1 aromatic heterocycles. The number of hydrogen-bond donors (Lipinski definition) is 2. The highest BCUT2D eigenvalue weighted by atomic mass is 16.5. The van der Waals surface area contributed by atoms with E-state index >= 15 is 0 Å². The number of hydrogen-bond acceptors (Lipinski definition) is 4. The second-order valence-corrected chi connectivity index (χ2v) is 7.36. The zero-order chi connectivity index (χ0) is 20.2. The van der Waals surface area contributed by atoms with Gasteiger partial charge in [-0.05, 0) is 30.0 Å². The van der Waals surface area contributed by atoms with Gasteiger partial charge < -0.3 is 9.84 Å². The van der Waals surface area contributed by atoms with E-state index in [2.05, 4.69) is 5.32 Å². The van der Waals surface area contributed by atoms with Crippen LogP contribution in [0.1, 0.15) is 38.1 Å². The molecule has 1 unspecified atom stereocenters. The van der Waals surface area contributed by atoms with Gasteiger partial charge in [-0.25, -0.2) is 9.59 Å². The Bertz CT molecular complexity index is 881. The summed E-state index contributed by atoms with van der Waals surface area (Å²) in [6, 6.07) is 11.1. The van der Waals surface area contributed by atoms with Gasteiger partial charge in [-0.3, -0.25) is 14.7 Å². The second kappa shape index (κ2) is 8.07. The van der Waals surface area contributed by atoms with Crippen LogP contribution in [0.3, 0.4) is 0 Å². The quantitative estimate of drug-likeness (QED) is 0.836. The van der Waals surface area contributed by atoms with Crippen LogP contribution in [-0.2, 0) is 16.1 Å². The molecule has 1 amide bonds. The maximum absolute atomic E-state index is 12.8. The molecule has 7 heteroatoms. The van der Waals surface area contributed by atoms with Crippen molar-refractivity contribution in [3.05, 3.63) is 64.1 Å². The van der Waals surface area contributed by atoms with Crippen molar-refractivity contribution in [3.63, 3.8) is 0 Å². The van der Waals surface area contributed by atoms with Crippen LogP contribution in [0.25, 0.3) is 0 Å². The molecule has 27 heavy (non-hydrogen) atoms. The summed E-state index contributed by atoms with van der Waals surface area (Å²) in [6.07, 6.45) is -0.783. The zero-order valence-electron chi connectivity index (χ0n) is 15.9. The van der Waals surface area contributed by atoms with E-state index in [0.29, 0.717) is 5.69 Å². The van der Waals surface area contributed by atoms with E-state index in [4.69, 9.17) is 4.74 Å².